The van der Waals surface area contributed by atoms with E-state index in [2.05, 4.69) is 48.9 Å². The maximum atomic E-state index is 5.91. The maximum absolute atomic E-state index is 5.91. The Morgan fingerprint density at radius 1 is 1.35 bits per heavy atom. The molecule has 1 aliphatic carbocycles. The van der Waals surface area contributed by atoms with E-state index in [4.69, 9.17) is 5.73 Å². The van der Waals surface area contributed by atoms with Gasteiger partial charge in [-0.25, -0.2) is 0 Å². The van der Waals surface area contributed by atoms with E-state index in [0.29, 0.717) is 0 Å². The minimum Gasteiger partial charge on any atom is -0.346 e. The van der Waals surface area contributed by atoms with Crippen molar-refractivity contribution < 1.29 is 0 Å². The molecule has 1 aromatic heterocycles. The van der Waals surface area contributed by atoms with Gasteiger partial charge < -0.3 is 10.3 Å². The van der Waals surface area contributed by atoms with E-state index in [1.54, 1.807) is 0 Å². The van der Waals surface area contributed by atoms with E-state index in [0.717, 1.165) is 13.0 Å². The lowest BCUT2D eigenvalue weighted by molar-refractivity contribution is 0.596. The minimum atomic E-state index is 0.195. The summed E-state index contributed by atoms with van der Waals surface area (Å²) >= 11 is 0. The molecule has 0 bridgehead atoms. The highest BCUT2D eigenvalue weighted by Gasteiger charge is 2.23. The summed E-state index contributed by atoms with van der Waals surface area (Å²) in [4.78, 5) is 0. The highest BCUT2D eigenvalue weighted by atomic mass is 15.0. The second-order valence-electron chi connectivity index (χ2n) is 5.10. The van der Waals surface area contributed by atoms with Crippen molar-refractivity contribution in [3.8, 4) is 11.3 Å². The first-order valence-electron chi connectivity index (χ1n) is 6.19. The van der Waals surface area contributed by atoms with Gasteiger partial charge in [0.25, 0.3) is 0 Å². The van der Waals surface area contributed by atoms with Crippen molar-refractivity contribution in [3.05, 3.63) is 47.2 Å². The Hall–Kier alpha value is -1.54. The molecule has 0 saturated heterocycles. The number of rotatable bonds is 2. The molecule has 1 heterocycles. The molecule has 2 N–H and O–H groups in total. The summed E-state index contributed by atoms with van der Waals surface area (Å²) in [7, 11) is 0. The Morgan fingerprint density at radius 2 is 2.18 bits per heavy atom. The van der Waals surface area contributed by atoms with Crippen LogP contribution in [-0.2, 0) is 13.0 Å². The summed E-state index contributed by atoms with van der Waals surface area (Å²) in [5.74, 6) is 0. The topological polar surface area (TPSA) is 30.9 Å². The summed E-state index contributed by atoms with van der Waals surface area (Å²) in [6.45, 7) is 5.14. The smallest absolute Gasteiger partial charge is 0.0519 e. The third-order valence-corrected chi connectivity index (χ3v) is 3.56. The molecule has 2 aromatic rings. The van der Waals surface area contributed by atoms with Crippen LogP contribution in [0.1, 0.15) is 23.6 Å². The van der Waals surface area contributed by atoms with Crippen LogP contribution in [0, 0.1) is 6.92 Å². The van der Waals surface area contributed by atoms with E-state index >= 15 is 0 Å². The van der Waals surface area contributed by atoms with Crippen molar-refractivity contribution in [2.45, 2.75) is 32.9 Å². The van der Waals surface area contributed by atoms with Gasteiger partial charge in [0.05, 0.1) is 5.69 Å². The van der Waals surface area contributed by atoms with Gasteiger partial charge >= 0.3 is 0 Å². The molecule has 0 spiro atoms. The SMILES string of the molecule is Cc1cccc2c1Cc1ccn(CC(C)N)c1-2. The van der Waals surface area contributed by atoms with Gasteiger partial charge in [-0.3, -0.25) is 0 Å². The normalized spacial score (nSPS) is 14.5. The molecule has 2 nitrogen and oxygen atoms in total. The number of hydrogen-bond acceptors (Lipinski definition) is 1. The molecule has 1 unspecified atom stereocenters. The zero-order valence-electron chi connectivity index (χ0n) is 10.4. The van der Waals surface area contributed by atoms with Crippen molar-refractivity contribution in [1.29, 1.82) is 0 Å². The quantitative estimate of drug-likeness (QED) is 0.715. The maximum Gasteiger partial charge on any atom is 0.0519 e. The highest BCUT2D eigenvalue weighted by Crippen LogP contribution is 2.38. The van der Waals surface area contributed by atoms with Gasteiger partial charge in [0, 0.05) is 30.8 Å². The molecule has 1 aliphatic rings. The molecule has 0 radical (unpaired) electrons. The Kier molecular flexibility index (Phi) is 2.33. The van der Waals surface area contributed by atoms with E-state index in [-0.39, 0.29) is 6.04 Å². The zero-order valence-corrected chi connectivity index (χ0v) is 10.4. The van der Waals surface area contributed by atoms with Gasteiger partial charge in [-0.05, 0) is 36.6 Å². The molecule has 0 saturated carbocycles. The molecule has 17 heavy (non-hydrogen) atoms. The third kappa shape index (κ3) is 1.60. The van der Waals surface area contributed by atoms with Gasteiger partial charge in [0.2, 0.25) is 0 Å². The van der Waals surface area contributed by atoms with Crippen molar-refractivity contribution in [2.75, 3.05) is 0 Å². The molecule has 3 rings (SSSR count). The summed E-state index contributed by atoms with van der Waals surface area (Å²) in [5, 5.41) is 0. The number of fused-ring (bicyclic) bond motifs is 3. The van der Waals surface area contributed by atoms with Gasteiger partial charge in [-0.1, -0.05) is 18.2 Å². The van der Waals surface area contributed by atoms with Crippen LogP contribution in [0.4, 0.5) is 0 Å². The third-order valence-electron chi connectivity index (χ3n) is 3.56. The zero-order chi connectivity index (χ0) is 12.0. The summed E-state index contributed by atoms with van der Waals surface area (Å²) in [5.41, 5.74) is 13.0. The predicted molar refractivity (Wildman–Crippen MR) is 71.1 cm³/mol. The van der Waals surface area contributed by atoms with Crippen LogP contribution in [0.3, 0.4) is 0 Å². The Labute approximate surface area is 102 Å². The largest absolute Gasteiger partial charge is 0.346 e. The average Bonchev–Trinajstić information content (AvgIpc) is 2.79. The summed E-state index contributed by atoms with van der Waals surface area (Å²) < 4.78 is 2.30. The fourth-order valence-electron chi connectivity index (χ4n) is 2.80. The first-order chi connectivity index (χ1) is 8.16. The van der Waals surface area contributed by atoms with Crippen LogP contribution in [0.5, 0.6) is 0 Å². The van der Waals surface area contributed by atoms with Crippen LogP contribution in [0.2, 0.25) is 0 Å². The lowest BCUT2D eigenvalue weighted by atomic mass is 10.0. The van der Waals surface area contributed by atoms with Gasteiger partial charge in [0.15, 0.2) is 0 Å². The second-order valence-corrected chi connectivity index (χ2v) is 5.10. The first-order valence-corrected chi connectivity index (χ1v) is 6.19. The monoisotopic (exact) mass is 226 g/mol. The molecule has 2 heteroatoms. The van der Waals surface area contributed by atoms with Crippen molar-refractivity contribution in [3.63, 3.8) is 0 Å². The number of nitrogens with two attached hydrogens (primary N) is 1. The Bertz CT molecular complexity index is 564. The van der Waals surface area contributed by atoms with Crippen LogP contribution in [0.15, 0.2) is 30.5 Å². The van der Waals surface area contributed by atoms with Crippen molar-refractivity contribution >= 4 is 0 Å². The fraction of sp³-hybridized carbons (Fsp3) is 0.333. The number of aromatic nitrogens is 1. The van der Waals surface area contributed by atoms with Crippen LogP contribution >= 0.6 is 0 Å². The molecule has 0 aliphatic heterocycles. The number of nitrogens with zero attached hydrogens (tertiary/aromatic N) is 1. The van der Waals surface area contributed by atoms with Gasteiger partial charge in [0.1, 0.15) is 0 Å². The minimum absolute atomic E-state index is 0.195. The Morgan fingerprint density at radius 3 is 2.94 bits per heavy atom. The molecule has 0 amide bonds. The molecule has 1 atom stereocenters. The Balaban J connectivity index is 2.13. The van der Waals surface area contributed by atoms with E-state index in [9.17, 15) is 0 Å². The molecule has 1 aromatic carbocycles. The van der Waals surface area contributed by atoms with E-state index in [1.807, 2.05) is 0 Å². The van der Waals surface area contributed by atoms with Crippen molar-refractivity contribution in [1.82, 2.24) is 4.57 Å². The molecule has 0 fully saturated rings. The standard InChI is InChI=1S/C15H18N2/c1-10-4-3-5-13-14(10)8-12-6-7-17(15(12)13)9-11(2)16/h3-7,11H,8-9,16H2,1-2H3. The molecule has 88 valence electrons. The second kappa shape index (κ2) is 3.74. The van der Waals surface area contributed by atoms with Gasteiger partial charge in [-0.2, -0.15) is 0 Å². The van der Waals surface area contributed by atoms with Crippen LogP contribution < -0.4 is 5.73 Å². The predicted octanol–water partition coefficient (Wildman–Crippen LogP) is 2.71. The number of aryl methyl sites for hydroxylation is 1. The molecular weight excluding hydrogens is 208 g/mol. The van der Waals surface area contributed by atoms with Gasteiger partial charge in [-0.15, -0.1) is 0 Å². The summed E-state index contributed by atoms with van der Waals surface area (Å²) in [6, 6.07) is 9.00. The van der Waals surface area contributed by atoms with Crippen molar-refractivity contribution in [2.24, 2.45) is 5.73 Å². The lowest BCUT2D eigenvalue weighted by Gasteiger charge is -2.12. The van der Waals surface area contributed by atoms with E-state index in [1.165, 1.54) is 27.9 Å². The number of hydrogen-bond donors (Lipinski definition) is 1. The van der Waals surface area contributed by atoms with E-state index < -0.39 is 0 Å². The lowest BCUT2D eigenvalue weighted by Crippen LogP contribution is -2.22. The highest BCUT2D eigenvalue weighted by molar-refractivity contribution is 5.75. The van der Waals surface area contributed by atoms with Crippen LogP contribution in [-0.4, -0.2) is 10.6 Å². The first kappa shape index (κ1) is 10.6. The molecular formula is C15H18N2. The van der Waals surface area contributed by atoms with Crippen LogP contribution in [0.25, 0.3) is 11.3 Å². The number of benzene rings is 1. The summed E-state index contributed by atoms with van der Waals surface area (Å²) in [6.07, 6.45) is 3.24. The average molecular weight is 226 g/mol. The fourth-order valence-corrected chi connectivity index (χ4v) is 2.80.